The number of hydrogen-bond acceptors (Lipinski definition) is 5. The Morgan fingerprint density at radius 1 is 1.04 bits per heavy atom. The molecule has 3 rings (SSSR count). The number of hydrogen-bond donors (Lipinski definition) is 1. The van der Waals surface area contributed by atoms with E-state index in [-0.39, 0.29) is 18.3 Å². The number of benzene rings is 2. The first kappa shape index (κ1) is 19.1. The lowest BCUT2D eigenvalue weighted by Crippen LogP contribution is -2.12. The number of nitrogens with zero attached hydrogens (tertiary/aromatic N) is 1. The lowest BCUT2D eigenvalue weighted by Gasteiger charge is -2.11. The van der Waals surface area contributed by atoms with Crippen molar-refractivity contribution in [3.05, 3.63) is 77.7 Å². The Morgan fingerprint density at radius 3 is 2.57 bits per heavy atom. The molecule has 0 aliphatic carbocycles. The summed E-state index contributed by atoms with van der Waals surface area (Å²) in [6, 6.07) is 19.5. The van der Waals surface area contributed by atoms with Crippen molar-refractivity contribution < 1.29 is 18.7 Å². The van der Waals surface area contributed by atoms with Crippen LogP contribution >= 0.6 is 0 Å². The Hall–Kier alpha value is -3.72. The molecule has 0 spiro atoms. The van der Waals surface area contributed by atoms with E-state index in [2.05, 4.69) is 11.4 Å². The van der Waals surface area contributed by atoms with Gasteiger partial charge in [-0.1, -0.05) is 31.2 Å². The maximum Gasteiger partial charge on any atom is 0.291 e. The number of nitriles is 1. The van der Waals surface area contributed by atoms with Gasteiger partial charge >= 0.3 is 0 Å². The largest absolute Gasteiger partial charge is 0.491 e. The van der Waals surface area contributed by atoms with Crippen molar-refractivity contribution >= 4 is 11.6 Å². The normalized spacial score (nSPS) is 10.1. The lowest BCUT2D eigenvalue weighted by molar-refractivity contribution is 0.0992. The SMILES string of the molecule is CCCOc1ccccc1NC(=O)c1ccc(COc2ccccc2C#N)o1. The van der Waals surface area contributed by atoms with Crippen LogP contribution in [0.15, 0.2) is 65.1 Å². The summed E-state index contributed by atoms with van der Waals surface area (Å²) in [6.45, 7) is 2.70. The molecule has 0 saturated carbocycles. The molecule has 2 aromatic carbocycles. The van der Waals surface area contributed by atoms with Gasteiger partial charge < -0.3 is 19.2 Å². The molecule has 142 valence electrons. The summed E-state index contributed by atoms with van der Waals surface area (Å²) in [5.74, 6) is 1.34. The topological polar surface area (TPSA) is 84.5 Å². The first-order valence-electron chi connectivity index (χ1n) is 8.95. The van der Waals surface area contributed by atoms with Crippen LogP contribution in [0.25, 0.3) is 0 Å². The van der Waals surface area contributed by atoms with Gasteiger partial charge in [0.05, 0.1) is 17.9 Å². The van der Waals surface area contributed by atoms with Crippen molar-refractivity contribution in [3.8, 4) is 17.6 Å². The van der Waals surface area contributed by atoms with Crippen LogP contribution in [0.1, 0.15) is 35.2 Å². The first-order chi connectivity index (χ1) is 13.7. The van der Waals surface area contributed by atoms with Crippen LogP contribution in [0, 0.1) is 11.3 Å². The van der Waals surface area contributed by atoms with Gasteiger partial charge in [0.15, 0.2) is 5.76 Å². The maximum atomic E-state index is 12.5. The third kappa shape index (κ3) is 4.71. The highest BCUT2D eigenvalue weighted by Gasteiger charge is 2.14. The molecule has 0 atom stereocenters. The van der Waals surface area contributed by atoms with E-state index in [9.17, 15) is 4.79 Å². The monoisotopic (exact) mass is 376 g/mol. The third-order valence-corrected chi connectivity index (χ3v) is 3.86. The Kier molecular flexibility index (Phi) is 6.32. The molecule has 1 amide bonds. The number of nitrogens with one attached hydrogen (secondary N) is 1. The van der Waals surface area contributed by atoms with Crippen molar-refractivity contribution in [3.63, 3.8) is 0 Å². The number of furan rings is 1. The van der Waals surface area contributed by atoms with Crippen molar-refractivity contribution in [1.29, 1.82) is 5.26 Å². The van der Waals surface area contributed by atoms with E-state index >= 15 is 0 Å². The van der Waals surface area contributed by atoms with Crippen LogP contribution < -0.4 is 14.8 Å². The molecular formula is C22H20N2O4. The van der Waals surface area contributed by atoms with E-state index < -0.39 is 0 Å². The molecule has 6 nitrogen and oxygen atoms in total. The van der Waals surface area contributed by atoms with Crippen molar-refractivity contribution in [2.24, 2.45) is 0 Å². The fourth-order valence-corrected chi connectivity index (χ4v) is 2.50. The lowest BCUT2D eigenvalue weighted by atomic mass is 10.2. The van der Waals surface area contributed by atoms with Gasteiger partial charge in [-0.25, -0.2) is 0 Å². The average Bonchev–Trinajstić information content (AvgIpc) is 3.21. The number of anilines is 1. The fourth-order valence-electron chi connectivity index (χ4n) is 2.50. The molecule has 6 heteroatoms. The van der Waals surface area contributed by atoms with Crippen LogP contribution in [0.5, 0.6) is 11.5 Å². The summed E-state index contributed by atoms with van der Waals surface area (Å²) in [7, 11) is 0. The van der Waals surface area contributed by atoms with Crippen molar-refractivity contribution in [2.75, 3.05) is 11.9 Å². The Labute approximate surface area is 163 Å². The molecule has 1 heterocycles. The van der Waals surface area contributed by atoms with Crippen molar-refractivity contribution in [2.45, 2.75) is 20.0 Å². The predicted octanol–water partition coefficient (Wildman–Crippen LogP) is 4.77. The van der Waals surface area contributed by atoms with E-state index in [4.69, 9.17) is 19.2 Å². The minimum atomic E-state index is -0.378. The molecule has 0 aliphatic rings. The second-order valence-corrected chi connectivity index (χ2v) is 5.96. The van der Waals surface area contributed by atoms with Gasteiger partial charge in [0.1, 0.15) is 29.9 Å². The van der Waals surface area contributed by atoms with Gasteiger partial charge in [0.25, 0.3) is 5.91 Å². The quantitative estimate of drug-likeness (QED) is 0.612. The molecule has 0 unspecified atom stereocenters. The fraction of sp³-hybridized carbons (Fsp3) is 0.182. The van der Waals surface area contributed by atoms with Gasteiger partial charge in [-0.05, 0) is 42.8 Å². The van der Waals surface area contributed by atoms with Crippen LogP contribution in [0.4, 0.5) is 5.69 Å². The maximum absolute atomic E-state index is 12.5. The van der Waals surface area contributed by atoms with Crippen LogP contribution in [0.2, 0.25) is 0 Å². The van der Waals surface area contributed by atoms with Crippen LogP contribution in [-0.4, -0.2) is 12.5 Å². The van der Waals surface area contributed by atoms with E-state index in [1.807, 2.05) is 19.1 Å². The highest BCUT2D eigenvalue weighted by atomic mass is 16.5. The highest BCUT2D eigenvalue weighted by Crippen LogP contribution is 2.25. The number of para-hydroxylation sites is 3. The number of carbonyl (C=O) groups excluding carboxylic acids is 1. The minimum absolute atomic E-state index is 0.113. The molecule has 0 fully saturated rings. The van der Waals surface area contributed by atoms with Gasteiger partial charge in [-0.3, -0.25) is 4.79 Å². The standard InChI is InChI=1S/C22H20N2O4/c1-2-13-26-20-10-6-4-8-18(20)24-22(25)21-12-11-17(28-21)15-27-19-9-5-3-7-16(19)14-23/h3-12H,2,13,15H2,1H3,(H,24,25). The predicted molar refractivity (Wildman–Crippen MR) is 104 cm³/mol. The second kappa shape index (κ2) is 9.28. The molecule has 0 aliphatic heterocycles. The zero-order chi connectivity index (χ0) is 19.8. The first-order valence-corrected chi connectivity index (χ1v) is 8.95. The van der Waals surface area contributed by atoms with Gasteiger partial charge in [0.2, 0.25) is 0 Å². The molecule has 1 N–H and O–H groups in total. The molecule has 1 aromatic heterocycles. The highest BCUT2D eigenvalue weighted by molar-refractivity contribution is 6.03. The molecule has 0 radical (unpaired) electrons. The van der Waals surface area contributed by atoms with E-state index in [1.54, 1.807) is 48.5 Å². The minimum Gasteiger partial charge on any atom is -0.491 e. The summed E-state index contributed by atoms with van der Waals surface area (Å²) < 4.78 is 16.8. The second-order valence-electron chi connectivity index (χ2n) is 5.96. The summed E-state index contributed by atoms with van der Waals surface area (Å²) in [5.41, 5.74) is 1.02. The Morgan fingerprint density at radius 2 is 1.79 bits per heavy atom. The molecule has 0 bridgehead atoms. The van der Waals surface area contributed by atoms with E-state index in [0.29, 0.717) is 35.1 Å². The van der Waals surface area contributed by atoms with E-state index in [1.165, 1.54) is 0 Å². The van der Waals surface area contributed by atoms with Gasteiger partial charge in [-0.2, -0.15) is 5.26 Å². The van der Waals surface area contributed by atoms with Gasteiger partial charge in [0, 0.05) is 0 Å². The smallest absolute Gasteiger partial charge is 0.291 e. The molecule has 28 heavy (non-hydrogen) atoms. The van der Waals surface area contributed by atoms with Crippen LogP contribution in [0.3, 0.4) is 0 Å². The third-order valence-electron chi connectivity index (χ3n) is 3.86. The average molecular weight is 376 g/mol. The summed E-state index contributed by atoms with van der Waals surface area (Å²) in [5, 5.41) is 11.9. The number of ether oxygens (including phenoxy) is 2. The number of rotatable bonds is 8. The van der Waals surface area contributed by atoms with Crippen LogP contribution in [-0.2, 0) is 6.61 Å². The summed E-state index contributed by atoms with van der Waals surface area (Å²) in [4.78, 5) is 12.5. The zero-order valence-corrected chi connectivity index (χ0v) is 15.5. The summed E-state index contributed by atoms with van der Waals surface area (Å²) in [6.07, 6.45) is 0.874. The molecule has 3 aromatic rings. The zero-order valence-electron chi connectivity index (χ0n) is 15.5. The Bertz CT molecular complexity index is 988. The molecule has 0 saturated heterocycles. The Balaban J connectivity index is 1.64. The number of carbonyl (C=O) groups is 1. The summed E-state index contributed by atoms with van der Waals surface area (Å²) >= 11 is 0. The van der Waals surface area contributed by atoms with Gasteiger partial charge in [-0.15, -0.1) is 0 Å². The van der Waals surface area contributed by atoms with Crippen molar-refractivity contribution in [1.82, 2.24) is 0 Å². The number of amides is 1. The van der Waals surface area contributed by atoms with E-state index in [0.717, 1.165) is 6.42 Å². The molecular weight excluding hydrogens is 356 g/mol.